The van der Waals surface area contributed by atoms with Crippen LogP contribution in [0.4, 0.5) is 0 Å². The largest absolute Gasteiger partial charge is 0.379 e. The number of hydrogen-bond acceptors (Lipinski definition) is 5. The molecule has 0 radical (unpaired) electrons. The molecule has 1 amide bonds. The van der Waals surface area contributed by atoms with Crippen LogP contribution < -0.4 is 0 Å². The minimum absolute atomic E-state index is 0.0464. The molecule has 0 N–H and O–H groups in total. The first-order chi connectivity index (χ1) is 15.4. The second-order valence-electron chi connectivity index (χ2n) is 8.41. The number of benzene rings is 2. The number of morpholine rings is 1. The molecule has 0 aromatic heterocycles. The second-order valence-corrected chi connectivity index (χ2v) is 10.4. The lowest BCUT2D eigenvalue weighted by molar-refractivity contribution is 0.0518. The van der Waals surface area contributed by atoms with Crippen LogP contribution in [0.5, 0.6) is 0 Å². The lowest BCUT2D eigenvalue weighted by Crippen LogP contribution is -2.54. The molecule has 0 bridgehead atoms. The third kappa shape index (κ3) is 5.20. The number of ether oxygens (including phenoxy) is 1. The molecule has 2 aromatic carbocycles. The van der Waals surface area contributed by atoms with Gasteiger partial charge in [0.1, 0.15) is 0 Å². The Morgan fingerprint density at radius 2 is 1.66 bits per heavy atom. The smallest absolute Gasteiger partial charge is 0.253 e. The van der Waals surface area contributed by atoms with E-state index in [2.05, 4.69) is 36.1 Å². The SMILES string of the molecule is CC1CN(C(=O)c2ccc(S(=O)(=O)N3CCOCC3)cc2)CCN1CCc1ccccc1. The maximum absolute atomic E-state index is 13.0. The first kappa shape index (κ1) is 22.9. The monoisotopic (exact) mass is 457 g/mol. The zero-order valence-corrected chi connectivity index (χ0v) is 19.3. The van der Waals surface area contributed by atoms with Crippen molar-refractivity contribution < 1.29 is 17.9 Å². The minimum atomic E-state index is -3.55. The average molecular weight is 458 g/mol. The van der Waals surface area contributed by atoms with E-state index in [1.165, 1.54) is 22.0 Å². The van der Waals surface area contributed by atoms with Gasteiger partial charge in [0.25, 0.3) is 5.91 Å². The summed E-state index contributed by atoms with van der Waals surface area (Å²) in [5.41, 5.74) is 1.85. The molecule has 0 spiro atoms. The molecule has 1 atom stereocenters. The first-order valence-corrected chi connectivity index (χ1v) is 12.6. The van der Waals surface area contributed by atoms with E-state index in [9.17, 15) is 13.2 Å². The van der Waals surface area contributed by atoms with Gasteiger partial charge in [-0.1, -0.05) is 30.3 Å². The Hall–Kier alpha value is -2.26. The molecule has 0 aliphatic carbocycles. The summed E-state index contributed by atoms with van der Waals surface area (Å²) in [4.78, 5) is 17.5. The van der Waals surface area contributed by atoms with Gasteiger partial charge >= 0.3 is 0 Å². The lowest BCUT2D eigenvalue weighted by atomic mass is 10.1. The predicted octanol–water partition coefficient (Wildman–Crippen LogP) is 2.10. The van der Waals surface area contributed by atoms with Crippen molar-refractivity contribution in [2.24, 2.45) is 0 Å². The van der Waals surface area contributed by atoms with Gasteiger partial charge in [-0.25, -0.2) is 8.42 Å². The molecule has 0 saturated carbocycles. The number of rotatable bonds is 6. The van der Waals surface area contributed by atoms with Gasteiger partial charge in [-0.3, -0.25) is 9.69 Å². The van der Waals surface area contributed by atoms with Gasteiger partial charge in [0.05, 0.1) is 18.1 Å². The van der Waals surface area contributed by atoms with Crippen LogP contribution >= 0.6 is 0 Å². The van der Waals surface area contributed by atoms with Gasteiger partial charge in [0.15, 0.2) is 0 Å². The molecule has 2 fully saturated rings. The molecule has 4 rings (SSSR count). The molecule has 1 unspecified atom stereocenters. The van der Waals surface area contributed by atoms with Crippen molar-refractivity contribution in [2.45, 2.75) is 24.3 Å². The van der Waals surface area contributed by atoms with Gasteiger partial charge in [-0.2, -0.15) is 4.31 Å². The Balaban J connectivity index is 1.34. The van der Waals surface area contributed by atoms with Crippen molar-refractivity contribution in [3.8, 4) is 0 Å². The standard InChI is InChI=1S/C24H31N3O4S/c1-20-19-26(14-13-25(20)12-11-21-5-3-2-4-6-21)24(28)22-7-9-23(10-8-22)32(29,30)27-15-17-31-18-16-27/h2-10,20H,11-19H2,1H3. The zero-order valence-electron chi connectivity index (χ0n) is 18.5. The molecule has 32 heavy (non-hydrogen) atoms. The number of nitrogens with zero attached hydrogens (tertiary/aromatic N) is 3. The number of carbonyl (C=O) groups is 1. The maximum atomic E-state index is 13.0. The van der Waals surface area contributed by atoms with Crippen molar-refractivity contribution in [2.75, 3.05) is 52.5 Å². The number of carbonyl (C=O) groups excluding carboxylic acids is 1. The van der Waals surface area contributed by atoms with Gasteiger partial charge in [0.2, 0.25) is 10.0 Å². The van der Waals surface area contributed by atoms with Crippen LogP contribution in [0.2, 0.25) is 0 Å². The lowest BCUT2D eigenvalue weighted by Gasteiger charge is -2.40. The van der Waals surface area contributed by atoms with Crippen LogP contribution in [-0.2, 0) is 21.2 Å². The van der Waals surface area contributed by atoms with Crippen molar-refractivity contribution in [3.05, 3.63) is 65.7 Å². The summed E-state index contributed by atoms with van der Waals surface area (Å²) < 4.78 is 32.2. The fourth-order valence-electron chi connectivity index (χ4n) is 4.32. The van der Waals surface area contributed by atoms with Crippen LogP contribution in [0.15, 0.2) is 59.5 Å². The highest BCUT2D eigenvalue weighted by atomic mass is 32.2. The van der Waals surface area contributed by atoms with E-state index in [-0.39, 0.29) is 16.8 Å². The number of sulfonamides is 1. The highest BCUT2D eigenvalue weighted by Crippen LogP contribution is 2.19. The zero-order chi connectivity index (χ0) is 22.6. The summed E-state index contributed by atoms with van der Waals surface area (Å²) in [6.45, 7) is 6.84. The first-order valence-electron chi connectivity index (χ1n) is 11.2. The summed E-state index contributed by atoms with van der Waals surface area (Å²) in [7, 11) is -3.55. The topological polar surface area (TPSA) is 70.2 Å². The normalized spacial score (nSPS) is 20.9. The summed E-state index contributed by atoms with van der Waals surface area (Å²) in [5.74, 6) is -0.0464. The summed E-state index contributed by atoms with van der Waals surface area (Å²) in [6, 6.07) is 17.1. The molecule has 172 valence electrons. The number of piperazine rings is 1. The van der Waals surface area contributed by atoms with E-state index in [4.69, 9.17) is 4.74 Å². The van der Waals surface area contributed by atoms with E-state index in [0.717, 1.165) is 19.5 Å². The Morgan fingerprint density at radius 1 is 0.969 bits per heavy atom. The summed E-state index contributed by atoms with van der Waals surface area (Å²) in [6.07, 6.45) is 0.998. The molecule has 8 heteroatoms. The highest BCUT2D eigenvalue weighted by Gasteiger charge is 2.29. The maximum Gasteiger partial charge on any atom is 0.253 e. The van der Waals surface area contributed by atoms with Crippen molar-refractivity contribution in [1.29, 1.82) is 0 Å². The van der Waals surface area contributed by atoms with Gasteiger partial charge in [-0.05, 0) is 43.2 Å². The van der Waals surface area contributed by atoms with Crippen LogP contribution in [0, 0.1) is 0 Å². The Morgan fingerprint density at radius 3 is 2.31 bits per heavy atom. The van der Waals surface area contributed by atoms with E-state index in [1.807, 2.05) is 11.0 Å². The van der Waals surface area contributed by atoms with Gasteiger partial charge in [0, 0.05) is 50.9 Å². The van der Waals surface area contributed by atoms with Crippen molar-refractivity contribution >= 4 is 15.9 Å². The Labute approximate surface area is 190 Å². The van der Waals surface area contributed by atoms with Crippen LogP contribution in [-0.4, -0.2) is 87.0 Å². The Kier molecular flexibility index (Phi) is 7.25. The van der Waals surface area contributed by atoms with Crippen LogP contribution in [0.3, 0.4) is 0 Å². The van der Waals surface area contributed by atoms with E-state index < -0.39 is 10.0 Å². The van der Waals surface area contributed by atoms with E-state index in [0.29, 0.717) is 45.0 Å². The molecule has 2 aliphatic rings. The molecular weight excluding hydrogens is 426 g/mol. The molecule has 2 aromatic rings. The molecular formula is C24H31N3O4S. The van der Waals surface area contributed by atoms with Gasteiger partial charge in [-0.15, -0.1) is 0 Å². The number of hydrogen-bond donors (Lipinski definition) is 0. The number of amides is 1. The summed E-state index contributed by atoms with van der Waals surface area (Å²) in [5, 5.41) is 0. The Bertz CT molecular complexity index is 1010. The van der Waals surface area contributed by atoms with Crippen molar-refractivity contribution in [3.63, 3.8) is 0 Å². The molecule has 2 aliphatic heterocycles. The fourth-order valence-corrected chi connectivity index (χ4v) is 5.73. The van der Waals surface area contributed by atoms with E-state index >= 15 is 0 Å². The third-order valence-electron chi connectivity index (χ3n) is 6.29. The summed E-state index contributed by atoms with van der Waals surface area (Å²) >= 11 is 0. The van der Waals surface area contributed by atoms with Crippen LogP contribution in [0.1, 0.15) is 22.8 Å². The highest BCUT2D eigenvalue weighted by molar-refractivity contribution is 7.89. The second kappa shape index (κ2) is 10.1. The van der Waals surface area contributed by atoms with Gasteiger partial charge < -0.3 is 9.64 Å². The van der Waals surface area contributed by atoms with E-state index in [1.54, 1.807) is 12.1 Å². The average Bonchev–Trinajstić information content (AvgIpc) is 2.84. The van der Waals surface area contributed by atoms with Crippen LogP contribution in [0.25, 0.3) is 0 Å². The minimum Gasteiger partial charge on any atom is -0.379 e. The molecule has 7 nitrogen and oxygen atoms in total. The van der Waals surface area contributed by atoms with Crippen molar-refractivity contribution in [1.82, 2.24) is 14.1 Å². The quantitative estimate of drug-likeness (QED) is 0.665. The predicted molar refractivity (Wildman–Crippen MR) is 123 cm³/mol. The molecule has 2 heterocycles. The molecule has 2 saturated heterocycles. The third-order valence-corrected chi connectivity index (χ3v) is 8.20. The fraction of sp³-hybridized carbons (Fsp3) is 0.458.